The topological polar surface area (TPSA) is 41.5 Å². The fraction of sp³-hybridized carbons (Fsp3) is 0.0769. The van der Waals surface area contributed by atoms with Gasteiger partial charge in [0.05, 0.1) is 6.21 Å². The summed E-state index contributed by atoms with van der Waals surface area (Å²) in [4.78, 5) is 11.8. The minimum absolute atomic E-state index is 0.186. The highest BCUT2D eigenvalue weighted by Crippen LogP contribution is 2.06. The number of benzene rings is 1. The predicted molar refractivity (Wildman–Crippen MR) is 70.6 cm³/mol. The number of aryl methyl sites for hydroxylation is 1. The van der Waals surface area contributed by atoms with Crippen LogP contribution in [0.1, 0.15) is 21.5 Å². The van der Waals surface area contributed by atoms with Gasteiger partial charge >= 0.3 is 0 Å². The number of hydrogen-bond donors (Lipinski definition) is 1. The second-order valence-corrected chi connectivity index (χ2v) is 4.35. The smallest absolute Gasteiger partial charge is 0.267 e. The Morgan fingerprint density at radius 3 is 2.88 bits per heavy atom. The largest absolute Gasteiger partial charge is 0.271 e. The van der Waals surface area contributed by atoms with Crippen LogP contribution in [-0.4, -0.2) is 12.1 Å². The van der Waals surface area contributed by atoms with E-state index in [1.807, 2.05) is 41.9 Å². The third kappa shape index (κ3) is 3.01. The molecule has 2 aromatic rings. The summed E-state index contributed by atoms with van der Waals surface area (Å²) in [5.41, 5.74) is 5.09. The van der Waals surface area contributed by atoms with Crippen molar-refractivity contribution in [1.82, 2.24) is 5.43 Å². The van der Waals surface area contributed by atoms with Gasteiger partial charge in [0.25, 0.3) is 5.91 Å². The molecule has 3 nitrogen and oxygen atoms in total. The van der Waals surface area contributed by atoms with E-state index in [0.717, 1.165) is 11.1 Å². The van der Waals surface area contributed by atoms with Crippen LogP contribution in [0, 0.1) is 6.92 Å². The fourth-order valence-electron chi connectivity index (χ4n) is 1.40. The molecule has 1 heterocycles. The lowest BCUT2D eigenvalue weighted by Crippen LogP contribution is -2.18. The Morgan fingerprint density at radius 2 is 2.18 bits per heavy atom. The van der Waals surface area contributed by atoms with E-state index in [1.165, 1.54) is 0 Å². The summed E-state index contributed by atoms with van der Waals surface area (Å²) in [6.07, 6.45) is 1.63. The normalized spacial score (nSPS) is 10.6. The van der Waals surface area contributed by atoms with Gasteiger partial charge in [-0.15, -0.1) is 0 Å². The van der Waals surface area contributed by atoms with Gasteiger partial charge in [-0.3, -0.25) is 4.79 Å². The molecule has 17 heavy (non-hydrogen) atoms. The zero-order chi connectivity index (χ0) is 12.1. The van der Waals surface area contributed by atoms with Gasteiger partial charge in [-0.1, -0.05) is 18.2 Å². The van der Waals surface area contributed by atoms with E-state index >= 15 is 0 Å². The second-order valence-electron chi connectivity index (χ2n) is 3.57. The molecule has 1 aromatic heterocycles. The van der Waals surface area contributed by atoms with Crippen LogP contribution in [0.15, 0.2) is 46.2 Å². The molecule has 0 saturated heterocycles. The molecule has 0 radical (unpaired) electrons. The van der Waals surface area contributed by atoms with Crippen LogP contribution in [0.25, 0.3) is 0 Å². The van der Waals surface area contributed by atoms with E-state index in [-0.39, 0.29) is 5.91 Å². The maximum absolute atomic E-state index is 11.8. The van der Waals surface area contributed by atoms with Gasteiger partial charge in [-0.25, -0.2) is 5.43 Å². The molecule has 0 spiro atoms. The molecule has 0 atom stereocenters. The molecule has 0 aliphatic heterocycles. The summed E-state index contributed by atoms with van der Waals surface area (Å²) < 4.78 is 0. The molecule has 0 bridgehead atoms. The van der Waals surface area contributed by atoms with E-state index in [1.54, 1.807) is 23.6 Å². The molecule has 1 aromatic carbocycles. The monoisotopic (exact) mass is 244 g/mol. The number of hydrogen-bond acceptors (Lipinski definition) is 3. The van der Waals surface area contributed by atoms with Crippen LogP contribution < -0.4 is 5.43 Å². The van der Waals surface area contributed by atoms with Crippen LogP contribution in [-0.2, 0) is 0 Å². The lowest BCUT2D eigenvalue weighted by molar-refractivity contribution is 0.0954. The van der Waals surface area contributed by atoms with Gasteiger partial charge in [0.1, 0.15) is 0 Å². The third-order valence-corrected chi connectivity index (χ3v) is 3.01. The number of amides is 1. The molecular weight excluding hydrogens is 232 g/mol. The van der Waals surface area contributed by atoms with Crippen molar-refractivity contribution >= 4 is 23.5 Å². The van der Waals surface area contributed by atoms with Crippen LogP contribution in [0.4, 0.5) is 0 Å². The Hall–Kier alpha value is -1.94. The summed E-state index contributed by atoms with van der Waals surface area (Å²) in [6.45, 7) is 1.90. The summed E-state index contributed by atoms with van der Waals surface area (Å²) in [5, 5.41) is 7.84. The number of thiophene rings is 1. The predicted octanol–water partition coefficient (Wildman–Crippen LogP) is 2.82. The summed E-state index contributed by atoms with van der Waals surface area (Å²) in [5.74, 6) is -0.186. The first kappa shape index (κ1) is 11.5. The molecule has 1 amide bonds. The molecule has 4 heteroatoms. The maximum atomic E-state index is 11.8. The highest BCUT2D eigenvalue weighted by molar-refractivity contribution is 7.08. The Kier molecular flexibility index (Phi) is 3.67. The number of nitrogens with zero attached hydrogens (tertiary/aromatic N) is 1. The van der Waals surface area contributed by atoms with Gasteiger partial charge in [-0.05, 0) is 35.4 Å². The summed E-state index contributed by atoms with van der Waals surface area (Å²) in [7, 11) is 0. The number of rotatable bonds is 3. The minimum Gasteiger partial charge on any atom is -0.267 e. The molecule has 0 unspecified atom stereocenters. The first-order valence-corrected chi connectivity index (χ1v) is 6.13. The molecule has 0 aliphatic rings. The third-order valence-electron chi connectivity index (χ3n) is 2.31. The van der Waals surface area contributed by atoms with E-state index in [4.69, 9.17) is 0 Å². The Morgan fingerprint density at radius 1 is 1.35 bits per heavy atom. The van der Waals surface area contributed by atoms with Crippen molar-refractivity contribution in [3.05, 3.63) is 57.8 Å². The SMILES string of the molecule is Cc1ccccc1C(=O)N/N=C/c1ccsc1. The molecule has 2 rings (SSSR count). The molecule has 86 valence electrons. The van der Waals surface area contributed by atoms with E-state index in [0.29, 0.717) is 5.56 Å². The number of nitrogens with one attached hydrogen (secondary N) is 1. The fourth-order valence-corrected chi connectivity index (χ4v) is 2.01. The molecule has 0 saturated carbocycles. The lowest BCUT2D eigenvalue weighted by Gasteiger charge is -2.02. The van der Waals surface area contributed by atoms with Crippen LogP contribution >= 0.6 is 11.3 Å². The van der Waals surface area contributed by atoms with Crippen molar-refractivity contribution in [3.8, 4) is 0 Å². The van der Waals surface area contributed by atoms with Crippen molar-refractivity contribution in [2.75, 3.05) is 0 Å². The van der Waals surface area contributed by atoms with E-state index in [9.17, 15) is 4.79 Å². The lowest BCUT2D eigenvalue weighted by atomic mass is 10.1. The minimum atomic E-state index is -0.186. The highest BCUT2D eigenvalue weighted by atomic mass is 32.1. The van der Waals surface area contributed by atoms with Gasteiger partial charge < -0.3 is 0 Å². The highest BCUT2D eigenvalue weighted by Gasteiger charge is 2.05. The average Bonchev–Trinajstić information content (AvgIpc) is 2.82. The van der Waals surface area contributed by atoms with Crippen molar-refractivity contribution in [2.45, 2.75) is 6.92 Å². The van der Waals surface area contributed by atoms with Gasteiger partial charge in [0.2, 0.25) is 0 Å². The maximum Gasteiger partial charge on any atom is 0.271 e. The molecule has 0 aliphatic carbocycles. The van der Waals surface area contributed by atoms with Crippen LogP contribution in [0.2, 0.25) is 0 Å². The van der Waals surface area contributed by atoms with Crippen molar-refractivity contribution in [2.24, 2.45) is 5.10 Å². The van der Waals surface area contributed by atoms with Crippen LogP contribution in [0.5, 0.6) is 0 Å². The zero-order valence-corrected chi connectivity index (χ0v) is 10.2. The Bertz CT molecular complexity index is 532. The zero-order valence-electron chi connectivity index (χ0n) is 9.38. The average molecular weight is 244 g/mol. The van der Waals surface area contributed by atoms with E-state index < -0.39 is 0 Å². The van der Waals surface area contributed by atoms with Gasteiger partial charge in [0.15, 0.2) is 0 Å². The van der Waals surface area contributed by atoms with E-state index in [2.05, 4.69) is 10.5 Å². The quantitative estimate of drug-likeness (QED) is 0.654. The number of carbonyl (C=O) groups is 1. The number of carbonyl (C=O) groups excluding carboxylic acids is 1. The van der Waals surface area contributed by atoms with Crippen molar-refractivity contribution in [3.63, 3.8) is 0 Å². The Balaban J connectivity index is 2.01. The molecular formula is C13H12N2OS. The first-order valence-electron chi connectivity index (χ1n) is 5.18. The van der Waals surface area contributed by atoms with Crippen LogP contribution in [0.3, 0.4) is 0 Å². The summed E-state index contributed by atoms with van der Waals surface area (Å²) >= 11 is 1.59. The first-order chi connectivity index (χ1) is 8.27. The standard InChI is InChI=1S/C13H12N2OS/c1-10-4-2-3-5-12(10)13(16)15-14-8-11-6-7-17-9-11/h2-9H,1H3,(H,15,16)/b14-8+. The van der Waals surface area contributed by atoms with Crippen molar-refractivity contribution < 1.29 is 4.79 Å². The summed E-state index contributed by atoms with van der Waals surface area (Å²) in [6, 6.07) is 9.36. The van der Waals surface area contributed by atoms with Gasteiger partial charge in [0, 0.05) is 11.1 Å². The second kappa shape index (κ2) is 5.41. The Labute approximate surface area is 104 Å². The van der Waals surface area contributed by atoms with Crippen molar-refractivity contribution in [1.29, 1.82) is 0 Å². The molecule has 1 N–H and O–H groups in total. The molecule has 0 fully saturated rings. The van der Waals surface area contributed by atoms with Gasteiger partial charge in [-0.2, -0.15) is 16.4 Å². The number of hydrazone groups is 1.